The fourth-order valence-corrected chi connectivity index (χ4v) is 2.13. The van der Waals surface area contributed by atoms with Crippen LogP contribution in [-0.4, -0.2) is 72.4 Å². The molecule has 0 N–H and O–H groups in total. The monoisotopic (exact) mass is 269 g/mol. The lowest BCUT2D eigenvalue weighted by atomic mass is 10.3. The van der Waals surface area contributed by atoms with Crippen LogP contribution in [0.2, 0.25) is 0 Å². The number of amides is 2. The highest BCUT2D eigenvalue weighted by Gasteiger charge is 2.32. The van der Waals surface area contributed by atoms with Gasteiger partial charge < -0.3 is 14.6 Å². The van der Waals surface area contributed by atoms with Gasteiger partial charge in [0.25, 0.3) is 11.8 Å². The first-order chi connectivity index (χ1) is 9.06. The number of carbonyl (C=O) groups excluding carboxylic acids is 3. The highest BCUT2D eigenvalue weighted by atomic mass is 16.7. The van der Waals surface area contributed by atoms with Crippen LogP contribution in [0.4, 0.5) is 0 Å². The van der Waals surface area contributed by atoms with E-state index in [2.05, 4.69) is 16.8 Å². The molecule has 0 saturated carbocycles. The van der Waals surface area contributed by atoms with E-state index in [9.17, 15) is 14.4 Å². The predicted molar refractivity (Wildman–Crippen MR) is 65.7 cm³/mol. The van der Waals surface area contributed by atoms with E-state index in [1.807, 2.05) is 0 Å². The molecule has 0 spiro atoms. The van der Waals surface area contributed by atoms with E-state index in [0.717, 1.165) is 26.2 Å². The van der Waals surface area contributed by atoms with Crippen LogP contribution in [0.1, 0.15) is 19.3 Å². The summed E-state index contributed by atoms with van der Waals surface area (Å²) in [7, 11) is 2.07. The van der Waals surface area contributed by atoms with Crippen LogP contribution in [0.3, 0.4) is 0 Å². The topological polar surface area (TPSA) is 70.2 Å². The Morgan fingerprint density at radius 2 is 1.68 bits per heavy atom. The molecule has 106 valence electrons. The highest BCUT2D eigenvalue weighted by Crippen LogP contribution is 2.12. The van der Waals surface area contributed by atoms with Crippen molar-refractivity contribution in [1.82, 2.24) is 14.9 Å². The van der Waals surface area contributed by atoms with E-state index in [1.54, 1.807) is 0 Å². The largest absolute Gasteiger partial charge is 0.334 e. The molecule has 0 aliphatic carbocycles. The molecule has 2 rings (SSSR count). The van der Waals surface area contributed by atoms with Crippen molar-refractivity contribution in [3.05, 3.63) is 0 Å². The molecule has 0 aromatic heterocycles. The third-order valence-corrected chi connectivity index (χ3v) is 3.43. The standard InChI is InChI=1S/C12H19N3O4/c1-13-6-8-14(9-7-13)5-4-12(18)19-15-10(16)2-3-11(15)17/h2-9H2,1H3. The summed E-state index contributed by atoms with van der Waals surface area (Å²) in [5, 5.41) is 0.603. The third-order valence-electron chi connectivity index (χ3n) is 3.43. The summed E-state index contributed by atoms with van der Waals surface area (Å²) in [5.74, 6) is -1.39. The van der Waals surface area contributed by atoms with Gasteiger partial charge in [0, 0.05) is 45.6 Å². The number of hydrogen-bond acceptors (Lipinski definition) is 6. The minimum absolute atomic E-state index is 0.130. The van der Waals surface area contributed by atoms with Crippen LogP contribution in [0, 0.1) is 0 Å². The molecule has 0 unspecified atom stereocenters. The maximum absolute atomic E-state index is 11.6. The van der Waals surface area contributed by atoms with Crippen molar-refractivity contribution in [3.8, 4) is 0 Å². The Labute approximate surface area is 112 Å². The van der Waals surface area contributed by atoms with Gasteiger partial charge in [-0.05, 0) is 7.05 Å². The van der Waals surface area contributed by atoms with Crippen LogP contribution in [0.5, 0.6) is 0 Å². The van der Waals surface area contributed by atoms with Gasteiger partial charge in [-0.1, -0.05) is 0 Å². The number of hydrogen-bond donors (Lipinski definition) is 0. The summed E-state index contributed by atoms with van der Waals surface area (Å²) in [4.78, 5) is 43.4. The van der Waals surface area contributed by atoms with Crippen molar-refractivity contribution in [2.24, 2.45) is 0 Å². The van der Waals surface area contributed by atoms with E-state index in [4.69, 9.17) is 4.84 Å². The molecule has 0 aromatic carbocycles. The molecule has 19 heavy (non-hydrogen) atoms. The molecular weight excluding hydrogens is 250 g/mol. The zero-order valence-electron chi connectivity index (χ0n) is 11.1. The van der Waals surface area contributed by atoms with Crippen molar-refractivity contribution in [1.29, 1.82) is 0 Å². The number of nitrogens with zero attached hydrogens (tertiary/aromatic N) is 3. The number of carbonyl (C=O) groups is 3. The Morgan fingerprint density at radius 1 is 1.11 bits per heavy atom. The summed E-state index contributed by atoms with van der Waals surface area (Å²) in [6, 6.07) is 0. The molecule has 2 fully saturated rings. The van der Waals surface area contributed by atoms with Crippen molar-refractivity contribution >= 4 is 17.8 Å². The Kier molecular flexibility index (Phi) is 4.49. The lowest BCUT2D eigenvalue weighted by Gasteiger charge is -2.32. The first-order valence-corrected chi connectivity index (χ1v) is 6.54. The minimum atomic E-state index is -0.525. The summed E-state index contributed by atoms with van der Waals surface area (Å²) in [6.07, 6.45) is 0.454. The second-order valence-corrected chi connectivity index (χ2v) is 4.94. The van der Waals surface area contributed by atoms with E-state index in [1.165, 1.54) is 0 Å². The summed E-state index contributed by atoms with van der Waals surface area (Å²) in [6.45, 7) is 4.41. The highest BCUT2D eigenvalue weighted by molar-refractivity contribution is 6.01. The Bertz CT molecular complexity index is 361. The van der Waals surface area contributed by atoms with Crippen molar-refractivity contribution in [3.63, 3.8) is 0 Å². The van der Waals surface area contributed by atoms with Crippen LogP contribution in [0.15, 0.2) is 0 Å². The number of imide groups is 1. The van der Waals surface area contributed by atoms with Gasteiger partial charge in [-0.2, -0.15) is 0 Å². The number of rotatable bonds is 4. The Hall–Kier alpha value is -1.47. The molecule has 0 atom stereocenters. The van der Waals surface area contributed by atoms with Crippen molar-refractivity contribution in [2.75, 3.05) is 39.8 Å². The van der Waals surface area contributed by atoms with Crippen LogP contribution >= 0.6 is 0 Å². The molecule has 7 heteroatoms. The van der Waals surface area contributed by atoms with Crippen LogP contribution < -0.4 is 0 Å². The first-order valence-electron chi connectivity index (χ1n) is 6.54. The smallest absolute Gasteiger partial charge is 0.330 e. The van der Waals surface area contributed by atoms with Crippen LogP contribution in [-0.2, 0) is 19.2 Å². The summed E-state index contributed by atoms with van der Waals surface area (Å²) in [5.41, 5.74) is 0. The van der Waals surface area contributed by atoms with E-state index in [-0.39, 0.29) is 19.3 Å². The molecule has 2 aliphatic heterocycles. The number of hydroxylamine groups is 2. The average molecular weight is 269 g/mol. The molecule has 0 bridgehead atoms. The Balaban J connectivity index is 1.70. The van der Waals surface area contributed by atoms with Gasteiger partial charge in [-0.15, -0.1) is 5.06 Å². The van der Waals surface area contributed by atoms with Gasteiger partial charge in [0.1, 0.15) is 0 Å². The minimum Gasteiger partial charge on any atom is -0.330 e. The van der Waals surface area contributed by atoms with Gasteiger partial charge in [0.2, 0.25) is 0 Å². The fourth-order valence-electron chi connectivity index (χ4n) is 2.13. The molecule has 2 amide bonds. The maximum Gasteiger partial charge on any atom is 0.334 e. The number of likely N-dealkylation sites (N-methyl/N-ethyl adjacent to an activating group) is 1. The molecular formula is C12H19N3O4. The summed E-state index contributed by atoms with van der Waals surface area (Å²) >= 11 is 0. The lowest BCUT2D eigenvalue weighted by molar-refractivity contribution is -0.197. The third kappa shape index (κ3) is 3.74. The quantitative estimate of drug-likeness (QED) is 0.624. The molecule has 2 aliphatic rings. The Morgan fingerprint density at radius 3 is 2.26 bits per heavy atom. The second-order valence-electron chi connectivity index (χ2n) is 4.94. The molecule has 0 radical (unpaired) electrons. The van der Waals surface area contributed by atoms with Crippen molar-refractivity contribution < 1.29 is 19.2 Å². The average Bonchev–Trinajstić information content (AvgIpc) is 2.70. The molecule has 0 aromatic rings. The van der Waals surface area contributed by atoms with Crippen LogP contribution in [0.25, 0.3) is 0 Å². The zero-order chi connectivity index (χ0) is 13.8. The fraction of sp³-hybridized carbons (Fsp3) is 0.750. The SMILES string of the molecule is CN1CCN(CCC(=O)ON2C(=O)CCC2=O)CC1. The normalized spacial score (nSPS) is 22.1. The molecule has 2 heterocycles. The van der Waals surface area contributed by atoms with E-state index in [0.29, 0.717) is 11.6 Å². The lowest BCUT2D eigenvalue weighted by Crippen LogP contribution is -2.45. The van der Waals surface area contributed by atoms with E-state index < -0.39 is 17.8 Å². The van der Waals surface area contributed by atoms with Gasteiger partial charge in [-0.25, -0.2) is 4.79 Å². The molecule has 2 saturated heterocycles. The second kappa shape index (κ2) is 6.12. The molecule has 7 nitrogen and oxygen atoms in total. The van der Waals surface area contributed by atoms with Gasteiger partial charge in [-0.3, -0.25) is 9.59 Å². The predicted octanol–water partition coefficient (Wildman–Crippen LogP) is -0.769. The maximum atomic E-state index is 11.6. The van der Waals surface area contributed by atoms with Gasteiger partial charge >= 0.3 is 5.97 Å². The van der Waals surface area contributed by atoms with E-state index >= 15 is 0 Å². The zero-order valence-corrected chi connectivity index (χ0v) is 11.1. The van der Waals surface area contributed by atoms with Gasteiger partial charge in [0.05, 0.1) is 6.42 Å². The van der Waals surface area contributed by atoms with Crippen molar-refractivity contribution in [2.45, 2.75) is 19.3 Å². The van der Waals surface area contributed by atoms with Gasteiger partial charge in [0.15, 0.2) is 0 Å². The summed E-state index contributed by atoms with van der Waals surface area (Å²) < 4.78 is 0. The number of piperazine rings is 1. The first kappa shape index (κ1) is 14.0.